The van der Waals surface area contributed by atoms with Gasteiger partial charge in [-0.25, -0.2) is 0 Å². The summed E-state index contributed by atoms with van der Waals surface area (Å²) in [6.45, 7) is 19.2. The summed E-state index contributed by atoms with van der Waals surface area (Å²) < 4.78 is 27.7. The highest BCUT2D eigenvalue weighted by Crippen LogP contribution is 2.54. The third-order valence-corrected chi connectivity index (χ3v) is 19.0. The summed E-state index contributed by atoms with van der Waals surface area (Å²) >= 11 is 0. The topological polar surface area (TPSA) is 36.9 Å². The van der Waals surface area contributed by atoms with Gasteiger partial charge in [0.25, 0.3) is 0 Å². The van der Waals surface area contributed by atoms with Crippen molar-refractivity contribution in [1.82, 2.24) is 0 Å². The number of fused-ring (bicyclic) bond motifs is 5. The predicted octanol–water partition coefficient (Wildman–Crippen LogP) is 6.84. The number of hydrogen-bond acceptors (Lipinski definition) is 4. The van der Waals surface area contributed by atoms with Gasteiger partial charge >= 0.3 is 0 Å². The Morgan fingerprint density at radius 1 is 0.881 bits per heavy atom. The lowest BCUT2D eigenvalue weighted by molar-refractivity contribution is -0.317. The van der Waals surface area contributed by atoms with Crippen LogP contribution in [0.25, 0.3) is 0 Å². The van der Waals surface area contributed by atoms with Crippen molar-refractivity contribution in [3.05, 3.63) is 88.0 Å². The molecule has 0 aromatic heterocycles. The molecule has 3 atom stereocenters. The van der Waals surface area contributed by atoms with Gasteiger partial charge in [-0.15, -0.1) is 0 Å². The Kier molecular flexibility index (Phi) is 6.72. The molecule has 1 saturated heterocycles. The van der Waals surface area contributed by atoms with E-state index in [1.54, 1.807) is 5.56 Å². The maximum absolute atomic E-state index is 7.62. The van der Waals surface area contributed by atoms with Crippen molar-refractivity contribution in [2.45, 2.75) is 109 Å². The SMILES string of the molecule is CC(C)[Si]1(C(C)C)O[C@@H]2c3c(c([Si](C)(C)Cc4ccccc4)c4c(c31)Cc1ccccc1C4)O[C@H]1COC(C)(C)OC12. The normalized spacial score (nSPS) is 25.0. The molecule has 222 valence electrons. The first-order valence-electron chi connectivity index (χ1n) is 15.9. The first kappa shape index (κ1) is 28.5. The van der Waals surface area contributed by atoms with Crippen molar-refractivity contribution in [2.24, 2.45) is 0 Å². The Morgan fingerprint density at radius 3 is 2.14 bits per heavy atom. The van der Waals surface area contributed by atoms with Gasteiger partial charge in [0.15, 0.2) is 11.9 Å². The molecule has 0 radical (unpaired) electrons. The molecule has 1 fully saturated rings. The highest BCUT2D eigenvalue weighted by Gasteiger charge is 2.62. The zero-order chi connectivity index (χ0) is 29.6. The highest BCUT2D eigenvalue weighted by molar-refractivity contribution is 6.92. The van der Waals surface area contributed by atoms with Gasteiger partial charge in [-0.3, -0.25) is 0 Å². The number of benzene rings is 3. The molecule has 0 amide bonds. The Hall–Kier alpha value is -2.23. The number of hydrogen-bond donors (Lipinski definition) is 0. The Bertz CT molecular complexity index is 1520. The molecular weight excluding hydrogens is 553 g/mol. The molecule has 3 aliphatic heterocycles. The fourth-order valence-corrected chi connectivity index (χ4v) is 17.2. The first-order chi connectivity index (χ1) is 19.9. The molecule has 1 unspecified atom stereocenters. The fourth-order valence-electron chi connectivity index (χ4n) is 8.67. The minimum absolute atomic E-state index is 0.115. The molecule has 4 aliphatic rings. The minimum atomic E-state index is -2.45. The van der Waals surface area contributed by atoms with Crippen LogP contribution in [0.5, 0.6) is 5.75 Å². The van der Waals surface area contributed by atoms with Gasteiger partial charge in [0, 0.05) is 5.56 Å². The summed E-state index contributed by atoms with van der Waals surface area (Å²) in [4.78, 5) is 0. The maximum atomic E-state index is 7.62. The second kappa shape index (κ2) is 9.90. The van der Waals surface area contributed by atoms with E-state index < -0.39 is 22.2 Å². The fraction of sp³-hybridized carbons (Fsp3) is 0.500. The van der Waals surface area contributed by atoms with E-state index in [1.807, 2.05) is 13.8 Å². The van der Waals surface area contributed by atoms with E-state index >= 15 is 0 Å². The predicted molar refractivity (Wildman–Crippen MR) is 174 cm³/mol. The van der Waals surface area contributed by atoms with E-state index in [9.17, 15) is 0 Å². The summed E-state index contributed by atoms with van der Waals surface area (Å²) in [5.41, 5.74) is 9.62. The molecule has 0 bridgehead atoms. The van der Waals surface area contributed by atoms with Gasteiger partial charge in [-0.05, 0) is 76.4 Å². The van der Waals surface area contributed by atoms with E-state index in [2.05, 4.69) is 95.4 Å². The van der Waals surface area contributed by atoms with Crippen molar-refractivity contribution < 1.29 is 18.6 Å². The number of ether oxygens (including phenoxy) is 3. The van der Waals surface area contributed by atoms with Crippen LogP contribution in [0.2, 0.25) is 24.2 Å². The van der Waals surface area contributed by atoms with Gasteiger partial charge in [0.05, 0.1) is 14.7 Å². The van der Waals surface area contributed by atoms with Crippen LogP contribution >= 0.6 is 0 Å². The van der Waals surface area contributed by atoms with Crippen LogP contribution in [0.4, 0.5) is 0 Å². The first-order valence-corrected chi connectivity index (χ1v) is 21.2. The molecule has 3 aromatic carbocycles. The van der Waals surface area contributed by atoms with Gasteiger partial charge in [-0.2, -0.15) is 0 Å². The van der Waals surface area contributed by atoms with Crippen LogP contribution < -0.4 is 15.1 Å². The average molecular weight is 599 g/mol. The lowest BCUT2D eigenvalue weighted by Gasteiger charge is -2.47. The molecule has 3 aromatic rings. The largest absolute Gasteiger partial charge is 0.485 e. The van der Waals surface area contributed by atoms with E-state index in [0.29, 0.717) is 17.7 Å². The molecule has 7 rings (SSSR count). The van der Waals surface area contributed by atoms with Crippen LogP contribution in [0.15, 0.2) is 54.6 Å². The summed E-state index contributed by atoms with van der Waals surface area (Å²) in [5.74, 6) is 0.468. The van der Waals surface area contributed by atoms with Crippen molar-refractivity contribution in [3.8, 4) is 5.75 Å². The smallest absolute Gasteiger partial charge is 0.231 e. The zero-order valence-corrected chi connectivity index (χ0v) is 28.5. The standard InChI is InChI=1S/C36H46O4Si2/c1-22(2)42(23(3)4)34-27-18-25-16-12-13-17-26(25)19-28(27)35(41(7,8)21-24-14-10-9-11-15-24)33-30(34)32(40-42)31-29(38-33)20-37-36(5,6)39-31/h9-17,22-23,29,31-32H,18-21H2,1-8H3/t29-,31?,32+/m0/s1. The number of rotatable bonds is 5. The van der Waals surface area contributed by atoms with E-state index in [-0.39, 0.29) is 18.3 Å². The summed E-state index contributed by atoms with van der Waals surface area (Å²) in [7, 11) is -4.51. The van der Waals surface area contributed by atoms with Crippen LogP contribution in [0.3, 0.4) is 0 Å². The van der Waals surface area contributed by atoms with Gasteiger partial charge in [0.1, 0.15) is 18.0 Å². The second-order valence-corrected chi connectivity index (χ2v) is 24.0. The van der Waals surface area contributed by atoms with Crippen molar-refractivity contribution >= 4 is 26.8 Å². The Balaban J connectivity index is 1.53. The van der Waals surface area contributed by atoms with E-state index in [0.717, 1.165) is 24.6 Å². The molecule has 4 nitrogen and oxygen atoms in total. The molecule has 0 saturated carbocycles. The molecule has 6 heteroatoms. The van der Waals surface area contributed by atoms with Gasteiger partial charge < -0.3 is 18.6 Å². The van der Waals surface area contributed by atoms with Crippen molar-refractivity contribution in [2.75, 3.05) is 6.61 Å². The molecule has 0 N–H and O–H groups in total. The lowest BCUT2D eigenvalue weighted by Crippen LogP contribution is -2.58. The maximum Gasteiger partial charge on any atom is 0.231 e. The van der Waals surface area contributed by atoms with Crippen LogP contribution in [0.1, 0.15) is 81.0 Å². The van der Waals surface area contributed by atoms with Crippen LogP contribution in [0, 0.1) is 0 Å². The minimum Gasteiger partial charge on any atom is -0.485 e. The summed E-state index contributed by atoms with van der Waals surface area (Å²) in [6, 6.07) is 21.2. The molecule has 0 spiro atoms. The van der Waals surface area contributed by atoms with Crippen molar-refractivity contribution in [1.29, 1.82) is 0 Å². The van der Waals surface area contributed by atoms with Gasteiger partial charge in [0.2, 0.25) is 8.32 Å². The van der Waals surface area contributed by atoms with Gasteiger partial charge in [-0.1, -0.05) is 101 Å². The summed E-state index contributed by atoms with van der Waals surface area (Å²) in [5, 5.41) is 3.04. The Morgan fingerprint density at radius 2 is 1.50 bits per heavy atom. The molecule has 3 heterocycles. The third-order valence-electron chi connectivity index (χ3n) is 10.4. The molecule has 1 aliphatic carbocycles. The van der Waals surface area contributed by atoms with E-state index in [1.165, 1.54) is 38.2 Å². The Labute approximate surface area is 253 Å². The van der Waals surface area contributed by atoms with Crippen LogP contribution in [-0.4, -0.2) is 41.0 Å². The van der Waals surface area contributed by atoms with Crippen LogP contribution in [-0.2, 0) is 32.8 Å². The zero-order valence-electron chi connectivity index (χ0n) is 26.5. The highest BCUT2D eigenvalue weighted by atomic mass is 28.4. The molecule has 42 heavy (non-hydrogen) atoms. The molecular formula is C36H46O4Si2. The summed E-state index contributed by atoms with van der Waals surface area (Å²) in [6.07, 6.45) is 1.48. The second-order valence-electron chi connectivity index (χ2n) is 14.7. The lowest BCUT2D eigenvalue weighted by atomic mass is 9.82. The average Bonchev–Trinajstić information content (AvgIpc) is 3.31. The quantitative estimate of drug-likeness (QED) is 0.236. The van der Waals surface area contributed by atoms with E-state index in [4.69, 9.17) is 18.6 Å². The third kappa shape index (κ3) is 4.24. The monoisotopic (exact) mass is 598 g/mol. The van der Waals surface area contributed by atoms with Crippen molar-refractivity contribution in [3.63, 3.8) is 0 Å².